The summed E-state index contributed by atoms with van der Waals surface area (Å²) in [6, 6.07) is 2.18. The number of carboxylic acids is 1. The Labute approximate surface area is 131 Å². The smallest absolute Gasteiger partial charge is 0.417 e. The SMILES string of the molecule is CC(=O)N[C@@H](CSc1cc(Br)ccc1C(F)(F)F)C(=O)O. The number of carboxylic acid groups (broad SMARTS) is 1. The normalized spacial score (nSPS) is 12.8. The molecule has 0 saturated heterocycles. The lowest BCUT2D eigenvalue weighted by Crippen LogP contribution is -2.41. The van der Waals surface area contributed by atoms with Gasteiger partial charge in [0.2, 0.25) is 5.91 Å². The molecule has 4 nitrogen and oxygen atoms in total. The van der Waals surface area contributed by atoms with E-state index in [1.165, 1.54) is 12.1 Å². The number of nitrogens with one attached hydrogen (secondary N) is 1. The number of carbonyl (C=O) groups is 2. The van der Waals surface area contributed by atoms with Crippen LogP contribution in [-0.2, 0) is 15.8 Å². The van der Waals surface area contributed by atoms with Crippen molar-refractivity contribution in [3.8, 4) is 0 Å². The van der Waals surface area contributed by atoms with Crippen molar-refractivity contribution >= 4 is 39.6 Å². The fourth-order valence-electron chi connectivity index (χ4n) is 1.44. The van der Waals surface area contributed by atoms with Crippen molar-refractivity contribution in [3.63, 3.8) is 0 Å². The molecule has 0 aliphatic heterocycles. The molecule has 116 valence electrons. The van der Waals surface area contributed by atoms with E-state index in [4.69, 9.17) is 5.11 Å². The summed E-state index contributed by atoms with van der Waals surface area (Å²) in [5.74, 6) is -2.08. The Hall–Kier alpha value is -1.22. The van der Waals surface area contributed by atoms with Crippen LogP contribution in [0.2, 0.25) is 0 Å². The number of amides is 1. The molecule has 21 heavy (non-hydrogen) atoms. The van der Waals surface area contributed by atoms with Crippen molar-refractivity contribution in [2.75, 3.05) is 5.75 Å². The summed E-state index contributed by atoms with van der Waals surface area (Å²) < 4.78 is 39.0. The first-order valence-electron chi connectivity index (χ1n) is 5.60. The number of aliphatic carboxylic acids is 1. The average molecular weight is 386 g/mol. The summed E-state index contributed by atoms with van der Waals surface area (Å²) in [5.41, 5.74) is -0.845. The largest absolute Gasteiger partial charge is 0.480 e. The number of alkyl halides is 3. The van der Waals surface area contributed by atoms with Crippen LogP contribution in [0.1, 0.15) is 12.5 Å². The van der Waals surface area contributed by atoms with Crippen LogP contribution in [0.4, 0.5) is 13.2 Å². The van der Waals surface area contributed by atoms with Crippen molar-refractivity contribution in [2.45, 2.75) is 24.0 Å². The molecule has 0 radical (unpaired) electrons. The molecule has 0 fully saturated rings. The van der Waals surface area contributed by atoms with Crippen molar-refractivity contribution in [2.24, 2.45) is 0 Å². The highest BCUT2D eigenvalue weighted by molar-refractivity contribution is 9.10. The number of carbonyl (C=O) groups excluding carboxylic acids is 1. The Bertz CT molecular complexity index is 551. The maximum atomic E-state index is 12.9. The van der Waals surface area contributed by atoms with Gasteiger partial charge in [-0.15, -0.1) is 11.8 Å². The van der Waals surface area contributed by atoms with E-state index in [-0.39, 0.29) is 10.6 Å². The van der Waals surface area contributed by atoms with Gasteiger partial charge in [0.1, 0.15) is 6.04 Å². The Morgan fingerprint density at radius 2 is 2.05 bits per heavy atom. The molecule has 0 aliphatic carbocycles. The van der Waals surface area contributed by atoms with Gasteiger partial charge in [0, 0.05) is 22.0 Å². The second-order valence-corrected chi connectivity index (χ2v) is 6.02. The van der Waals surface area contributed by atoms with Gasteiger partial charge in [-0.3, -0.25) is 4.79 Å². The van der Waals surface area contributed by atoms with E-state index in [2.05, 4.69) is 21.2 Å². The molecule has 1 rings (SSSR count). The maximum absolute atomic E-state index is 12.9. The summed E-state index contributed by atoms with van der Waals surface area (Å²) in [6.07, 6.45) is -4.53. The molecule has 1 atom stereocenters. The van der Waals surface area contributed by atoms with Crippen molar-refractivity contribution < 1.29 is 27.9 Å². The molecular formula is C12H11BrF3NO3S. The summed E-state index contributed by atoms with van der Waals surface area (Å²) >= 11 is 3.79. The quantitative estimate of drug-likeness (QED) is 0.764. The Morgan fingerprint density at radius 1 is 1.43 bits per heavy atom. The lowest BCUT2D eigenvalue weighted by atomic mass is 10.2. The highest BCUT2D eigenvalue weighted by atomic mass is 79.9. The van der Waals surface area contributed by atoms with E-state index in [9.17, 15) is 22.8 Å². The molecule has 1 aromatic rings. The monoisotopic (exact) mass is 385 g/mol. The van der Waals surface area contributed by atoms with Crippen LogP contribution in [0.5, 0.6) is 0 Å². The third-order valence-corrected chi connectivity index (χ3v) is 3.97. The zero-order chi connectivity index (χ0) is 16.2. The second kappa shape index (κ2) is 7.17. The third-order valence-electron chi connectivity index (χ3n) is 2.33. The summed E-state index contributed by atoms with van der Waals surface area (Å²) in [7, 11) is 0. The lowest BCUT2D eigenvalue weighted by Gasteiger charge is -2.16. The minimum absolute atomic E-state index is 0.103. The van der Waals surface area contributed by atoms with Crippen molar-refractivity contribution in [1.82, 2.24) is 5.32 Å². The lowest BCUT2D eigenvalue weighted by molar-refractivity contribution is -0.140. The van der Waals surface area contributed by atoms with Crippen molar-refractivity contribution in [3.05, 3.63) is 28.2 Å². The molecule has 2 N–H and O–H groups in total. The van der Waals surface area contributed by atoms with E-state index >= 15 is 0 Å². The standard InChI is InChI=1S/C12H11BrF3NO3S/c1-6(18)17-9(11(19)20)5-21-10-4-7(13)2-3-8(10)12(14,15)16/h2-4,9H,5H2,1H3,(H,17,18)(H,19,20)/t9-/m0/s1. The van der Waals surface area contributed by atoms with Crippen LogP contribution >= 0.6 is 27.7 Å². The van der Waals surface area contributed by atoms with Crippen LogP contribution in [0.25, 0.3) is 0 Å². The number of rotatable bonds is 5. The Kier molecular flexibility index (Phi) is 6.09. The van der Waals surface area contributed by atoms with Gasteiger partial charge in [-0.1, -0.05) is 15.9 Å². The number of thioether (sulfide) groups is 1. The van der Waals surface area contributed by atoms with Crippen LogP contribution in [-0.4, -0.2) is 28.8 Å². The molecular weight excluding hydrogens is 375 g/mol. The third kappa shape index (κ3) is 5.58. The van der Waals surface area contributed by atoms with Crippen LogP contribution in [0.15, 0.2) is 27.6 Å². The van der Waals surface area contributed by atoms with Gasteiger partial charge in [0.15, 0.2) is 0 Å². The summed E-state index contributed by atoms with van der Waals surface area (Å²) in [5, 5.41) is 11.1. The predicted molar refractivity (Wildman–Crippen MR) is 75.1 cm³/mol. The molecule has 0 saturated carbocycles. The first kappa shape index (κ1) is 17.8. The first-order valence-corrected chi connectivity index (χ1v) is 7.38. The highest BCUT2D eigenvalue weighted by Gasteiger charge is 2.34. The average Bonchev–Trinajstić information content (AvgIpc) is 2.32. The molecule has 1 aromatic carbocycles. The predicted octanol–water partition coefficient (Wildman–Crippen LogP) is 3.15. The number of halogens is 4. The number of hydrogen-bond donors (Lipinski definition) is 2. The van der Waals surface area contributed by atoms with Gasteiger partial charge in [-0.05, 0) is 18.2 Å². The van der Waals surface area contributed by atoms with Crippen molar-refractivity contribution in [1.29, 1.82) is 0 Å². The molecule has 9 heteroatoms. The number of benzene rings is 1. The zero-order valence-electron chi connectivity index (χ0n) is 10.7. The Balaban J connectivity index is 2.94. The van der Waals surface area contributed by atoms with Crippen LogP contribution in [0, 0.1) is 0 Å². The van der Waals surface area contributed by atoms with E-state index in [1.54, 1.807) is 0 Å². The minimum atomic E-state index is -4.53. The fraction of sp³-hybridized carbons (Fsp3) is 0.333. The topological polar surface area (TPSA) is 66.4 Å². The van der Waals surface area contributed by atoms with E-state index < -0.39 is 29.7 Å². The molecule has 0 heterocycles. The number of hydrogen-bond acceptors (Lipinski definition) is 3. The fourth-order valence-corrected chi connectivity index (χ4v) is 3.08. The highest BCUT2D eigenvalue weighted by Crippen LogP contribution is 2.38. The maximum Gasteiger partial charge on any atom is 0.417 e. The second-order valence-electron chi connectivity index (χ2n) is 4.04. The van der Waals surface area contributed by atoms with E-state index in [0.717, 1.165) is 24.8 Å². The molecule has 0 bridgehead atoms. The summed E-state index contributed by atoms with van der Waals surface area (Å²) in [6.45, 7) is 1.14. The van der Waals surface area contributed by atoms with Crippen LogP contribution in [0.3, 0.4) is 0 Å². The van der Waals surface area contributed by atoms with E-state index in [0.29, 0.717) is 4.47 Å². The Morgan fingerprint density at radius 3 is 2.52 bits per heavy atom. The van der Waals surface area contributed by atoms with Gasteiger partial charge < -0.3 is 10.4 Å². The minimum Gasteiger partial charge on any atom is -0.480 e. The van der Waals surface area contributed by atoms with Gasteiger partial charge >= 0.3 is 12.1 Å². The van der Waals surface area contributed by atoms with E-state index in [1.807, 2.05) is 0 Å². The van der Waals surface area contributed by atoms with Gasteiger partial charge in [0.25, 0.3) is 0 Å². The molecule has 0 unspecified atom stereocenters. The van der Waals surface area contributed by atoms with Gasteiger partial charge in [-0.2, -0.15) is 13.2 Å². The summed E-state index contributed by atoms with van der Waals surface area (Å²) in [4.78, 5) is 21.7. The first-order chi connectivity index (χ1) is 9.61. The molecule has 0 aromatic heterocycles. The molecule has 0 aliphatic rings. The zero-order valence-corrected chi connectivity index (χ0v) is 13.1. The van der Waals surface area contributed by atoms with Gasteiger partial charge in [0.05, 0.1) is 5.56 Å². The molecule has 1 amide bonds. The van der Waals surface area contributed by atoms with Crippen LogP contribution < -0.4 is 5.32 Å². The van der Waals surface area contributed by atoms with Gasteiger partial charge in [-0.25, -0.2) is 4.79 Å². The molecule has 0 spiro atoms.